The molecule has 5 nitrogen and oxygen atoms in total. The third-order valence-electron chi connectivity index (χ3n) is 7.13. The van der Waals surface area contributed by atoms with E-state index in [0.717, 1.165) is 65.5 Å². The summed E-state index contributed by atoms with van der Waals surface area (Å²) in [5.74, 6) is 1.65. The van der Waals surface area contributed by atoms with Gasteiger partial charge in [0, 0.05) is 12.0 Å². The molecule has 0 unspecified atom stereocenters. The van der Waals surface area contributed by atoms with Gasteiger partial charge in [0.05, 0.1) is 36.3 Å². The molecule has 3 aromatic rings. The largest absolute Gasteiger partial charge is 0.496 e. The van der Waals surface area contributed by atoms with E-state index >= 15 is 0 Å². The Hall–Kier alpha value is -2.92. The summed E-state index contributed by atoms with van der Waals surface area (Å²) in [4.78, 5) is 10.2. The van der Waals surface area contributed by atoms with Crippen molar-refractivity contribution in [2.24, 2.45) is 0 Å². The average Bonchev–Trinajstić information content (AvgIpc) is 3.17. The zero-order chi connectivity index (χ0) is 22.9. The Morgan fingerprint density at radius 3 is 2.42 bits per heavy atom. The van der Waals surface area contributed by atoms with E-state index in [9.17, 15) is 5.11 Å². The highest BCUT2D eigenvalue weighted by molar-refractivity contribution is 5.72. The average molecular weight is 444 g/mol. The van der Waals surface area contributed by atoms with Gasteiger partial charge in [-0.3, -0.25) is 0 Å². The van der Waals surface area contributed by atoms with E-state index in [1.165, 1.54) is 29.5 Å². The monoisotopic (exact) mass is 443 g/mol. The molecule has 0 saturated heterocycles. The summed E-state index contributed by atoms with van der Waals surface area (Å²) in [6.45, 7) is 4.22. The van der Waals surface area contributed by atoms with Crippen molar-refractivity contribution in [1.29, 1.82) is 0 Å². The van der Waals surface area contributed by atoms with Crippen LogP contribution in [-0.4, -0.2) is 28.3 Å². The second-order valence-corrected chi connectivity index (χ2v) is 9.14. The fourth-order valence-electron chi connectivity index (χ4n) is 5.34. The maximum atomic E-state index is 10.7. The third kappa shape index (κ3) is 3.99. The molecule has 0 bridgehead atoms. The van der Waals surface area contributed by atoms with Gasteiger partial charge in [-0.2, -0.15) is 0 Å². The minimum absolute atomic E-state index is 0.172. The molecule has 2 aliphatic rings. The number of nitrogens with one attached hydrogen (secondary N) is 1. The Labute approximate surface area is 196 Å². The van der Waals surface area contributed by atoms with Gasteiger partial charge in [0.15, 0.2) is 0 Å². The van der Waals surface area contributed by atoms with E-state index in [1.807, 2.05) is 12.1 Å². The minimum Gasteiger partial charge on any atom is -0.496 e. The van der Waals surface area contributed by atoms with E-state index in [2.05, 4.69) is 43.4 Å². The van der Waals surface area contributed by atoms with Crippen molar-refractivity contribution in [2.45, 2.75) is 70.9 Å². The lowest BCUT2D eigenvalue weighted by Gasteiger charge is -2.23. The Morgan fingerprint density at radius 1 is 0.970 bits per heavy atom. The highest BCUT2D eigenvalue weighted by atomic mass is 16.5. The van der Waals surface area contributed by atoms with Crippen LogP contribution >= 0.6 is 0 Å². The molecular weight excluding hydrogens is 410 g/mol. The number of hydrogen-bond acceptors (Lipinski definition) is 5. The Balaban J connectivity index is 1.57. The van der Waals surface area contributed by atoms with Gasteiger partial charge in [-0.25, -0.2) is 9.97 Å². The van der Waals surface area contributed by atoms with Gasteiger partial charge < -0.3 is 15.2 Å². The van der Waals surface area contributed by atoms with Gasteiger partial charge in [-0.15, -0.1) is 0 Å². The first-order valence-corrected chi connectivity index (χ1v) is 12.2. The molecule has 2 aromatic carbocycles. The van der Waals surface area contributed by atoms with Crippen molar-refractivity contribution >= 4 is 5.82 Å². The van der Waals surface area contributed by atoms with Crippen molar-refractivity contribution < 1.29 is 9.84 Å². The highest BCUT2D eigenvalue weighted by Gasteiger charge is 2.32. The third-order valence-corrected chi connectivity index (χ3v) is 7.13. The molecule has 2 atom stereocenters. The van der Waals surface area contributed by atoms with Crippen LogP contribution < -0.4 is 10.1 Å². The molecule has 0 aliphatic heterocycles. The normalized spacial score (nSPS) is 19.2. The summed E-state index contributed by atoms with van der Waals surface area (Å²) >= 11 is 0. The second kappa shape index (κ2) is 9.14. The van der Waals surface area contributed by atoms with Crippen LogP contribution in [0.5, 0.6) is 5.75 Å². The predicted molar refractivity (Wildman–Crippen MR) is 132 cm³/mol. The highest BCUT2D eigenvalue weighted by Crippen LogP contribution is 2.38. The zero-order valence-electron chi connectivity index (χ0n) is 19.8. The number of ether oxygens (including phenoxy) is 1. The summed E-state index contributed by atoms with van der Waals surface area (Å²) in [6.07, 6.45) is 6.42. The number of aliphatic hydroxyl groups is 1. The molecule has 1 heterocycles. The van der Waals surface area contributed by atoms with Crippen LogP contribution in [0.1, 0.15) is 66.4 Å². The molecule has 2 N–H and O–H groups in total. The lowest BCUT2D eigenvalue weighted by Crippen LogP contribution is -2.23. The van der Waals surface area contributed by atoms with Gasteiger partial charge in [0.2, 0.25) is 0 Å². The summed E-state index contributed by atoms with van der Waals surface area (Å²) in [7, 11) is 1.74. The second-order valence-electron chi connectivity index (χ2n) is 9.14. The van der Waals surface area contributed by atoms with Gasteiger partial charge >= 0.3 is 0 Å². The number of aliphatic hydroxyl groups excluding tert-OH is 1. The van der Waals surface area contributed by atoms with Crippen LogP contribution in [0.4, 0.5) is 5.82 Å². The summed E-state index contributed by atoms with van der Waals surface area (Å²) in [5.41, 5.74) is 8.96. The lowest BCUT2D eigenvalue weighted by molar-refractivity contribution is 0.165. The van der Waals surface area contributed by atoms with Crippen molar-refractivity contribution in [3.63, 3.8) is 0 Å². The Bertz CT molecular complexity index is 1170. The molecule has 0 fully saturated rings. The number of aryl methyl sites for hydroxylation is 4. The van der Waals surface area contributed by atoms with Crippen LogP contribution in [0.15, 0.2) is 36.4 Å². The Morgan fingerprint density at radius 2 is 1.70 bits per heavy atom. The number of aromatic nitrogens is 2. The van der Waals surface area contributed by atoms with Gasteiger partial charge in [-0.1, -0.05) is 38.1 Å². The number of hydrogen-bond donors (Lipinski definition) is 2. The number of nitrogens with zero attached hydrogens (tertiary/aromatic N) is 2. The van der Waals surface area contributed by atoms with Crippen molar-refractivity contribution in [2.75, 3.05) is 12.4 Å². The smallest absolute Gasteiger partial charge is 0.148 e. The van der Waals surface area contributed by atoms with E-state index in [0.29, 0.717) is 6.42 Å². The van der Waals surface area contributed by atoms with Crippen LogP contribution in [0.25, 0.3) is 11.3 Å². The van der Waals surface area contributed by atoms with Crippen molar-refractivity contribution in [1.82, 2.24) is 9.97 Å². The first-order valence-electron chi connectivity index (χ1n) is 12.2. The van der Waals surface area contributed by atoms with Gasteiger partial charge in [0.25, 0.3) is 0 Å². The number of rotatable bonds is 6. The summed E-state index contributed by atoms with van der Waals surface area (Å²) < 4.78 is 5.81. The molecule has 0 radical (unpaired) electrons. The molecule has 172 valence electrons. The molecule has 0 spiro atoms. The molecular formula is C28H33N3O2. The number of methoxy groups -OCH3 is 1. The number of fused-ring (bicyclic) bond motifs is 2. The predicted octanol–water partition coefficient (Wildman–Crippen LogP) is 5.23. The minimum atomic E-state index is -0.473. The zero-order valence-corrected chi connectivity index (χ0v) is 19.8. The summed E-state index contributed by atoms with van der Waals surface area (Å²) in [5, 5.41) is 14.3. The van der Waals surface area contributed by atoms with Gasteiger partial charge in [0.1, 0.15) is 11.6 Å². The lowest BCUT2D eigenvalue weighted by atomic mass is 9.89. The Kier molecular flexibility index (Phi) is 6.07. The molecule has 5 heteroatoms. The molecule has 2 aliphatic carbocycles. The van der Waals surface area contributed by atoms with Crippen LogP contribution in [0.3, 0.4) is 0 Å². The maximum Gasteiger partial charge on any atom is 0.148 e. The van der Waals surface area contributed by atoms with E-state index in [1.54, 1.807) is 7.11 Å². The molecule has 33 heavy (non-hydrogen) atoms. The standard InChI is InChI=1S/C28H33N3O2/c1-4-22-26(21-14-17-10-6-7-11-18(17)16-25(21)33-3)29-23(5-2)28(30-22)31-27-20-13-9-8-12-19(20)15-24(27)32/h8-9,12-14,16,24,27,32H,4-7,10-11,15H2,1-3H3,(H,30,31)/t24-,27+/m0/s1. The molecule has 0 saturated carbocycles. The number of anilines is 1. The van der Waals surface area contributed by atoms with Crippen LogP contribution in [0, 0.1) is 0 Å². The first-order chi connectivity index (χ1) is 16.1. The fraction of sp³-hybridized carbons (Fsp3) is 0.429. The fourth-order valence-corrected chi connectivity index (χ4v) is 5.34. The van der Waals surface area contributed by atoms with E-state index in [4.69, 9.17) is 14.7 Å². The SMILES string of the molecule is CCc1nc(-c2cc3c(cc2OC)CCCC3)c(CC)nc1N[C@@H]1c2ccccc2C[C@@H]1O. The molecule has 5 rings (SSSR count). The van der Waals surface area contributed by atoms with Crippen molar-refractivity contribution in [3.05, 3.63) is 70.0 Å². The topological polar surface area (TPSA) is 67.3 Å². The first kappa shape index (κ1) is 21.9. The number of benzene rings is 2. The van der Waals surface area contributed by atoms with E-state index < -0.39 is 6.10 Å². The van der Waals surface area contributed by atoms with Crippen LogP contribution in [-0.2, 0) is 32.1 Å². The van der Waals surface area contributed by atoms with Crippen molar-refractivity contribution in [3.8, 4) is 17.0 Å². The summed E-state index contributed by atoms with van der Waals surface area (Å²) in [6, 6.07) is 12.6. The van der Waals surface area contributed by atoms with Gasteiger partial charge in [-0.05, 0) is 72.9 Å². The van der Waals surface area contributed by atoms with E-state index in [-0.39, 0.29) is 6.04 Å². The quantitative estimate of drug-likeness (QED) is 0.546. The van der Waals surface area contributed by atoms with Crippen LogP contribution in [0.2, 0.25) is 0 Å². The maximum absolute atomic E-state index is 10.7. The molecule has 0 amide bonds. The molecule has 1 aromatic heterocycles.